The molecule has 0 saturated carbocycles. The molecule has 31 heavy (non-hydrogen) atoms. The molecule has 2 aliphatic rings. The first-order valence-corrected chi connectivity index (χ1v) is 11.2. The number of benzene rings is 2. The Bertz CT molecular complexity index is 967. The van der Waals surface area contributed by atoms with Crippen molar-refractivity contribution in [3.05, 3.63) is 71.3 Å². The molecule has 4 rings (SSSR count). The maximum Gasteiger partial charge on any atom is 0.408 e. The highest BCUT2D eigenvalue weighted by Gasteiger charge is 2.45. The summed E-state index contributed by atoms with van der Waals surface area (Å²) in [6.45, 7) is 0.118. The fourth-order valence-electron chi connectivity index (χ4n) is 3.99. The minimum atomic E-state index is -0.766. The van der Waals surface area contributed by atoms with E-state index in [4.69, 9.17) is 9.47 Å². The Morgan fingerprint density at radius 2 is 1.87 bits per heavy atom. The van der Waals surface area contributed by atoms with Crippen molar-refractivity contribution >= 4 is 29.7 Å². The molecule has 2 amide bonds. The Balaban J connectivity index is 1.52. The van der Waals surface area contributed by atoms with E-state index in [0.717, 1.165) is 16.7 Å². The summed E-state index contributed by atoms with van der Waals surface area (Å²) in [6, 6.07) is 15.7. The Hall–Kier alpha value is -3.00. The van der Waals surface area contributed by atoms with Crippen molar-refractivity contribution in [1.29, 1.82) is 0 Å². The zero-order valence-corrected chi connectivity index (χ0v) is 18.0. The molecule has 2 aromatic rings. The number of carbonyl (C=O) groups is 3. The minimum absolute atomic E-state index is 0.118. The molecule has 0 bridgehead atoms. The number of nitrogens with one attached hydrogen (secondary N) is 1. The molecular formula is C23H24N2O5S. The largest absolute Gasteiger partial charge is 0.467 e. The Labute approximate surface area is 185 Å². The van der Waals surface area contributed by atoms with E-state index < -0.39 is 24.1 Å². The number of hydrogen-bond donors (Lipinski definition) is 1. The summed E-state index contributed by atoms with van der Waals surface area (Å²) < 4.78 is 10.3. The number of amides is 2. The molecule has 162 valence electrons. The molecule has 2 unspecified atom stereocenters. The summed E-state index contributed by atoms with van der Waals surface area (Å²) in [6.07, 6.45) is 0.182. The van der Waals surface area contributed by atoms with Gasteiger partial charge < -0.3 is 19.7 Å². The van der Waals surface area contributed by atoms with E-state index >= 15 is 0 Å². The summed E-state index contributed by atoms with van der Waals surface area (Å²) in [5, 5.41) is 2.40. The number of hydrogen-bond acceptors (Lipinski definition) is 6. The smallest absolute Gasteiger partial charge is 0.408 e. The third kappa shape index (κ3) is 4.54. The number of methoxy groups -OCH3 is 1. The molecule has 0 radical (unpaired) electrons. The number of carbonyl (C=O) groups excluding carboxylic acids is 3. The van der Waals surface area contributed by atoms with Crippen LogP contribution in [-0.4, -0.2) is 47.8 Å². The molecule has 2 aliphatic heterocycles. The minimum Gasteiger partial charge on any atom is -0.467 e. The number of alkyl carbamates (subject to hydrolysis) is 1. The standard InChI is InChI=1S/C23H24N2O5S/c1-29-22(27)19-13-16-9-5-6-10-17(16)21-25(19)20(26)18(11-12-31-21)24-23(28)30-14-15-7-3-2-4-8-15/h2-10,18-19,21H,11-14H2,1H3,(H,24,28)/t18-,19?,21?/m0/s1. The fraction of sp³-hybridized carbons (Fsp3) is 0.348. The topological polar surface area (TPSA) is 84.9 Å². The van der Waals surface area contributed by atoms with E-state index in [1.165, 1.54) is 7.11 Å². The van der Waals surface area contributed by atoms with Gasteiger partial charge in [-0.15, -0.1) is 11.8 Å². The Morgan fingerprint density at radius 1 is 1.13 bits per heavy atom. The number of thioether (sulfide) groups is 1. The second kappa shape index (κ2) is 9.43. The maximum absolute atomic E-state index is 13.5. The van der Waals surface area contributed by atoms with Gasteiger partial charge in [0.1, 0.15) is 24.1 Å². The van der Waals surface area contributed by atoms with Crippen LogP contribution in [-0.2, 0) is 32.1 Å². The van der Waals surface area contributed by atoms with Crippen LogP contribution in [0.1, 0.15) is 28.5 Å². The zero-order valence-electron chi connectivity index (χ0n) is 17.2. The van der Waals surface area contributed by atoms with Crippen molar-refractivity contribution in [3.63, 3.8) is 0 Å². The van der Waals surface area contributed by atoms with Gasteiger partial charge in [0, 0.05) is 6.42 Å². The van der Waals surface area contributed by atoms with Gasteiger partial charge in [-0.3, -0.25) is 4.79 Å². The van der Waals surface area contributed by atoms with Crippen LogP contribution in [0.5, 0.6) is 0 Å². The lowest BCUT2D eigenvalue weighted by molar-refractivity contribution is -0.154. The van der Waals surface area contributed by atoms with Crippen LogP contribution in [0.2, 0.25) is 0 Å². The van der Waals surface area contributed by atoms with Crippen LogP contribution in [0.25, 0.3) is 0 Å². The third-order valence-electron chi connectivity index (χ3n) is 5.54. The maximum atomic E-state index is 13.5. The van der Waals surface area contributed by atoms with Gasteiger partial charge >= 0.3 is 12.1 Å². The third-order valence-corrected chi connectivity index (χ3v) is 6.80. The van der Waals surface area contributed by atoms with Gasteiger partial charge in [0.15, 0.2) is 0 Å². The predicted octanol–water partition coefficient (Wildman–Crippen LogP) is 3.04. The van der Waals surface area contributed by atoms with Gasteiger partial charge in [-0.25, -0.2) is 9.59 Å². The van der Waals surface area contributed by atoms with Gasteiger partial charge in [0.05, 0.1) is 7.11 Å². The molecule has 1 saturated heterocycles. The van der Waals surface area contributed by atoms with Crippen LogP contribution >= 0.6 is 11.8 Å². The van der Waals surface area contributed by atoms with E-state index in [9.17, 15) is 14.4 Å². The molecule has 0 aliphatic carbocycles. The highest BCUT2D eigenvalue weighted by Crippen LogP contribution is 2.43. The van der Waals surface area contributed by atoms with Gasteiger partial charge in [-0.1, -0.05) is 54.6 Å². The van der Waals surface area contributed by atoms with Crippen molar-refractivity contribution in [1.82, 2.24) is 10.2 Å². The zero-order chi connectivity index (χ0) is 21.8. The molecule has 1 N–H and O–H groups in total. The van der Waals surface area contributed by atoms with Crippen LogP contribution in [0, 0.1) is 0 Å². The van der Waals surface area contributed by atoms with Crippen molar-refractivity contribution in [3.8, 4) is 0 Å². The monoisotopic (exact) mass is 440 g/mol. The molecule has 3 atom stereocenters. The number of rotatable bonds is 4. The molecule has 2 aromatic carbocycles. The van der Waals surface area contributed by atoms with Crippen LogP contribution in [0.15, 0.2) is 54.6 Å². The van der Waals surface area contributed by atoms with Crippen LogP contribution in [0.4, 0.5) is 4.79 Å². The van der Waals surface area contributed by atoms with Gasteiger partial charge in [-0.2, -0.15) is 0 Å². The van der Waals surface area contributed by atoms with E-state index in [1.807, 2.05) is 54.6 Å². The number of fused-ring (bicyclic) bond motifs is 3. The van der Waals surface area contributed by atoms with Crippen molar-refractivity contribution < 1.29 is 23.9 Å². The summed E-state index contributed by atoms with van der Waals surface area (Å²) in [4.78, 5) is 40.0. The first-order chi connectivity index (χ1) is 15.1. The molecule has 8 heteroatoms. The number of nitrogens with zero attached hydrogens (tertiary/aromatic N) is 1. The molecule has 7 nitrogen and oxygen atoms in total. The second-order valence-corrected chi connectivity index (χ2v) is 8.65. The fourth-order valence-corrected chi connectivity index (χ4v) is 5.41. The van der Waals surface area contributed by atoms with E-state index in [0.29, 0.717) is 18.6 Å². The lowest BCUT2D eigenvalue weighted by atomic mass is 9.93. The second-order valence-electron chi connectivity index (χ2n) is 7.46. The average Bonchev–Trinajstić information content (AvgIpc) is 2.96. The summed E-state index contributed by atoms with van der Waals surface area (Å²) in [5.41, 5.74) is 2.92. The van der Waals surface area contributed by atoms with Crippen molar-refractivity contribution in [2.75, 3.05) is 12.9 Å². The highest BCUT2D eigenvalue weighted by atomic mass is 32.2. The average molecular weight is 441 g/mol. The van der Waals surface area contributed by atoms with Gasteiger partial charge in [0.25, 0.3) is 0 Å². The van der Waals surface area contributed by atoms with Crippen LogP contribution in [0.3, 0.4) is 0 Å². The Morgan fingerprint density at radius 3 is 2.65 bits per heavy atom. The van der Waals surface area contributed by atoms with Crippen LogP contribution < -0.4 is 5.32 Å². The molecule has 2 heterocycles. The number of esters is 1. The first kappa shape index (κ1) is 21.2. The predicted molar refractivity (Wildman–Crippen MR) is 116 cm³/mol. The first-order valence-electron chi connectivity index (χ1n) is 10.1. The van der Waals surface area contributed by atoms with Gasteiger partial charge in [-0.05, 0) is 28.9 Å². The summed E-state index contributed by atoms with van der Waals surface area (Å²) in [7, 11) is 1.32. The SMILES string of the molecule is COC(=O)C1Cc2ccccc2C2SCC[C@H](NC(=O)OCc3ccccc3)C(=O)N12. The molecule has 0 aromatic heterocycles. The summed E-state index contributed by atoms with van der Waals surface area (Å²) >= 11 is 1.59. The lowest BCUT2D eigenvalue weighted by Gasteiger charge is -2.41. The molecular weight excluding hydrogens is 416 g/mol. The van der Waals surface area contributed by atoms with E-state index in [2.05, 4.69) is 5.32 Å². The Kier molecular flexibility index (Phi) is 6.46. The van der Waals surface area contributed by atoms with Crippen molar-refractivity contribution in [2.45, 2.75) is 36.9 Å². The van der Waals surface area contributed by atoms with Crippen molar-refractivity contribution in [2.24, 2.45) is 0 Å². The van der Waals surface area contributed by atoms with E-state index in [1.54, 1.807) is 16.7 Å². The van der Waals surface area contributed by atoms with E-state index in [-0.39, 0.29) is 17.9 Å². The highest BCUT2D eigenvalue weighted by molar-refractivity contribution is 7.99. The lowest BCUT2D eigenvalue weighted by Crippen LogP contribution is -2.56. The molecule has 0 spiro atoms. The summed E-state index contributed by atoms with van der Waals surface area (Å²) in [5.74, 6) is -0.101. The number of ether oxygens (including phenoxy) is 2. The quantitative estimate of drug-likeness (QED) is 0.736. The van der Waals surface area contributed by atoms with Gasteiger partial charge in [0.2, 0.25) is 5.91 Å². The normalized spacial score (nSPS) is 22.5. The molecule has 1 fully saturated rings.